The molecule has 0 amide bonds. The quantitative estimate of drug-likeness (QED) is 0.297. The Morgan fingerprint density at radius 1 is 1.25 bits per heavy atom. The number of ketones is 1. The molecule has 0 N–H and O–H groups in total. The molecular formula is C28H39NO6S. The molecule has 1 aromatic heterocycles. The lowest BCUT2D eigenvalue weighted by Gasteiger charge is -2.31. The second kappa shape index (κ2) is 11.4. The minimum Gasteiger partial charge on any atom is -0.464 e. The third kappa shape index (κ3) is 6.91. The maximum Gasteiger partial charge on any atom is 0.331 e. The fourth-order valence-corrected chi connectivity index (χ4v) is 5.69. The number of allylic oxidation sites excluding steroid dienone is 1. The fourth-order valence-electron chi connectivity index (χ4n) is 5.12. The highest BCUT2D eigenvalue weighted by Gasteiger charge is 2.52. The van der Waals surface area contributed by atoms with E-state index in [1.54, 1.807) is 38.2 Å². The van der Waals surface area contributed by atoms with Gasteiger partial charge in [-0.15, -0.1) is 11.3 Å². The van der Waals surface area contributed by atoms with Gasteiger partial charge in [0.1, 0.15) is 18.0 Å². The van der Waals surface area contributed by atoms with Gasteiger partial charge in [-0.25, -0.2) is 9.78 Å². The van der Waals surface area contributed by atoms with Gasteiger partial charge in [0.15, 0.2) is 0 Å². The largest absolute Gasteiger partial charge is 0.464 e. The maximum absolute atomic E-state index is 13.4. The third-order valence-electron chi connectivity index (χ3n) is 7.53. The van der Waals surface area contributed by atoms with Crippen LogP contribution in [0.3, 0.4) is 0 Å². The monoisotopic (exact) mass is 517 g/mol. The molecule has 3 heterocycles. The predicted molar refractivity (Wildman–Crippen MR) is 139 cm³/mol. The molecule has 36 heavy (non-hydrogen) atoms. The van der Waals surface area contributed by atoms with Crippen molar-refractivity contribution in [1.29, 1.82) is 0 Å². The molecule has 0 unspecified atom stereocenters. The number of carbonyl (C=O) groups is 3. The highest BCUT2D eigenvalue weighted by molar-refractivity contribution is 7.09. The van der Waals surface area contributed by atoms with Gasteiger partial charge >= 0.3 is 5.97 Å². The Kier molecular flexibility index (Phi) is 8.93. The first-order valence-corrected chi connectivity index (χ1v) is 13.6. The zero-order chi connectivity index (χ0) is 26.7. The molecule has 0 bridgehead atoms. The van der Waals surface area contributed by atoms with Crippen LogP contribution < -0.4 is 0 Å². The summed E-state index contributed by atoms with van der Waals surface area (Å²) in [5, 5.41) is 2.95. The normalized spacial score (nSPS) is 34.9. The number of thiazole rings is 1. The molecule has 1 fully saturated rings. The van der Waals surface area contributed by atoms with Crippen LogP contribution in [0.25, 0.3) is 6.08 Å². The van der Waals surface area contributed by atoms with Crippen molar-refractivity contribution in [2.24, 2.45) is 17.3 Å². The smallest absolute Gasteiger partial charge is 0.331 e. The Morgan fingerprint density at radius 2 is 1.97 bits per heavy atom. The number of aryl methyl sites for hydroxylation is 1. The average molecular weight is 518 g/mol. The molecule has 8 heteroatoms. The van der Waals surface area contributed by atoms with Gasteiger partial charge in [-0.05, 0) is 65.0 Å². The van der Waals surface area contributed by atoms with Crippen molar-refractivity contribution in [3.05, 3.63) is 33.8 Å². The van der Waals surface area contributed by atoms with Crippen LogP contribution >= 0.6 is 11.3 Å². The molecule has 0 aromatic carbocycles. The zero-order valence-corrected chi connectivity index (χ0v) is 23.2. The average Bonchev–Trinajstić information content (AvgIpc) is 3.25. The Bertz CT molecular complexity index is 1030. The van der Waals surface area contributed by atoms with E-state index >= 15 is 0 Å². The van der Waals surface area contributed by atoms with E-state index in [1.165, 1.54) is 6.08 Å². The van der Waals surface area contributed by atoms with E-state index < -0.39 is 29.5 Å². The lowest BCUT2D eigenvalue weighted by molar-refractivity contribution is -0.145. The van der Waals surface area contributed by atoms with Gasteiger partial charge in [-0.1, -0.05) is 26.3 Å². The van der Waals surface area contributed by atoms with Crippen LogP contribution in [0.15, 0.2) is 23.1 Å². The van der Waals surface area contributed by atoms with Crippen molar-refractivity contribution >= 4 is 35.6 Å². The topological polar surface area (TPSA) is 95.1 Å². The van der Waals surface area contributed by atoms with Crippen molar-refractivity contribution in [2.75, 3.05) is 0 Å². The van der Waals surface area contributed by atoms with Gasteiger partial charge in [0.2, 0.25) is 0 Å². The van der Waals surface area contributed by atoms with E-state index in [0.717, 1.165) is 35.5 Å². The number of cyclic esters (lactones) is 1. The van der Waals surface area contributed by atoms with E-state index in [0.29, 0.717) is 12.9 Å². The minimum atomic E-state index is -0.934. The van der Waals surface area contributed by atoms with E-state index in [4.69, 9.17) is 14.2 Å². The molecule has 7 nitrogen and oxygen atoms in total. The molecule has 0 saturated carbocycles. The standard InChI is InChI=1S/C28H39NO6S/c1-17-9-8-11-28(7)23(35-28)14-22(18(2)13-21-15-36-20(4)29-21)34-24(31)10-12-27(5,6)26(32)19(3)25(17)33-16-30/h10,12-13,15-17,19,22-23,25H,8-9,11,14H2,1-7H3/b12-10+,18-13?/t17-,19+,22-,23-,25+,28+/m0/s1. The van der Waals surface area contributed by atoms with Crippen molar-refractivity contribution < 1.29 is 28.6 Å². The number of ether oxygens (including phenoxy) is 3. The Morgan fingerprint density at radius 3 is 2.61 bits per heavy atom. The number of rotatable bonds is 4. The Hall–Kier alpha value is -2.32. The molecule has 1 saturated heterocycles. The van der Waals surface area contributed by atoms with Crippen LogP contribution in [-0.2, 0) is 28.6 Å². The molecular weight excluding hydrogens is 478 g/mol. The highest BCUT2D eigenvalue weighted by atomic mass is 32.1. The van der Waals surface area contributed by atoms with Crippen LogP contribution in [0.2, 0.25) is 0 Å². The minimum absolute atomic E-state index is 0.00657. The van der Waals surface area contributed by atoms with Crippen LogP contribution in [-0.4, -0.2) is 47.1 Å². The lowest BCUT2D eigenvalue weighted by Crippen LogP contribution is -2.39. The van der Waals surface area contributed by atoms with E-state index in [9.17, 15) is 14.4 Å². The summed E-state index contributed by atoms with van der Waals surface area (Å²) in [5.74, 6) is -1.12. The Balaban J connectivity index is 1.88. The predicted octanol–water partition coefficient (Wildman–Crippen LogP) is 5.46. The number of hydrogen-bond donors (Lipinski definition) is 0. The summed E-state index contributed by atoms with van der Waals surface area (Å²) in [7, 11) is 0. The second-order valence-electron chi connectivity index (χ2n) is 11.0. The number of fused-ring (bicyclic) bond motifs is 1. The third-order valence-corrected chi connectivity index (χ3v) is 8.32. The second-order valence-corrected chi connectivity index (χ2v) is 12.1. The number of aromatic nitrogens is 1. The number of epoxide rings is 1. The van der Waals surface area contributed by atoms with E-state index in [1.807, 2.05) is 32.2 Å². The molecule has 198 valence electrons. The summed E-state index contributed by atoms with van der Waals surface area (Å²) in [5.41, 5.74) is 0.512. The summed E-state index contributed by atoms with van der Waals surface area (Å²) in [6.45, 7) is 13.7. The van der Waals surface area contributed by atoms with Gasteiger partial charge in [0.05, 0.1) is 28.3 Å². The Labute approximate surface area is 218 Å². The van der Waals surface area contributed by atoms with Gasteiger partial charge < -0.3 is 14.2 Å². The summed E-state index contributed by atoms with van der Waals surface area (Å²) in [6, 6.07) is 0. The fraction of sp³-hybridized carbons (Fsp3) is 0.643. The number of esters is 1. The number of Topliss-reactive ketones (excluding diaryl/α,β-unsaturated/α-hetero) is 1. The van der Waals surface area contributed by atoms with Gasteiger partial charge in [0, 0.05) is 23.3 Å². The lowest BCUT2D eigenvalue weighted by atomic mass is 9.76. The van der Waals surface area contributed by atoms with E-state index in [-0.39, 0.29) is 23.4 Å². The van der Waals surface area contributed by atoms with Crippen LogP contribution in [0.1, 0.15) is 77.9 Å². The molecule has 3 rings (SSSR count). The summed E-state index contributed by atoms with van der Waals surface area (Å²) in [6.07, 6.45) is 6.90. The van der Waals surface area contributed by atoms with Crippen LogP contribution in [0.4, 0.5) is 0 Å². The molecule has 0 spiro atoms. The van der Waals surface area contributed by atoms with Crippen molar-refractivity contribution in [3.63, 3.8) is 0 Å². The first-order chi connectivity index (χ1) is 16.9. The summed E-state index contributed by atoms with van der Waals surface area (Å²) >= 11 is 1.57. The number of carbonyl (C=O) groups excluding carboxylic acids is 3. The van der Waals surface area contributed by atoms with E-state index in [2.05, 4.69) is 11.9 Å². The SMILES string of the molecule is CC(=Cc1csc(C)n1)[C@@H]1C[C@@H]2O[C@]2(C)CCC[C@H](C)[C@@H](OC=O)[C@@H](C)C(=O)C(C)(C)/C=C/C(=O)O1. The zero-order valence-electron chi connectivity index (χ0n) is 22.4. The van der Waals surface area contributed by atoms with Crippen LogP contribution in [0, 0.1) is 24.2 Å². The summed E-state index contributed by atoms with van der Waals surface area (Å²) in [4.78, 5) is 41.9. The molecule has 1 aromatic rings. The van der Waals surface area contributed by atoms with Crippen LogP contribution in [0.5, 0.6) is 0 Å². The molecule has 2 aliphatic heterocycles. The number of nitrogens with zero attached hydrogens (tertiary/aromatic N) is 1. The van der Waals surface area contributed by atoms with Gasteiger partial charge in [0.25, 0.3) is 6.47 Å². The molecule has 0 aliphatic carbocycles. The van der Waals surface area contributed by atoms with Gasteiger partial charge in [-0.3, -0.25) is 9.59 Å². The first-order valence-electron chi connectivity index (χ1n) is 12.7. The summed E-state index contributed by atoms with van der Waals surface area (Å²) < 4.78 is 17.4. The van der Waals surface area contributed by atoms with Gasteiger partial charge in [-0.2, -0.15) is 0 Å². The van der Waals surface area contributed by atoms with Crippen molar-refractivity contribution in [3.8, 4) is 0 Å². The van der Waals surface area contributed by atoms with Crippen molar-refractivity contribution in [2.45, 2.75) is 98.1 Å². The molecule has 6 atom stereocenters. The highest BCUT2D eigenvalue weighted by Crippen LogP contribution is 2.45. The molecule has 2 aliphatic rings. The maximum atomic E-state index is 13.4. The molecule has 0 radical (unpaired) electrons. The first kappa shape index (κ1) is 28.3. The number of hydrogen-bond acceptors (Lipinski definition) is 8. The van der Waals surface area contributed by atoms with Crippen molar-refractivity contribution in [1.82, 2.24) is 4.98 Å².